The van der Waals surface area contributed by atoms with Crippen molar-refractivity contribution in [2.75, 3.05) is 19.7 Å². The highest BCUT2D eigenvalue weighted by atomic mass is 16.5. The SMILES string of the molecule is Cc1ccc(O[C@@H]2CCN(C(=O)c3cnn4c3OCCC4)C2)nn1. The van der Waals surface area contributed by atoms with Gasteiger partial charge in [0.1, 0.15) is 11.7 Å². The number of amides is 1. The largest absolute Gasteiger partial charge is 0.477 e. The quantitative estimate of drug-likeness (QED) is 0.837. The first-order chi connectivity index (χ1) is 11.7. The van der Waals surface area contributed by atoms with Crippen molar-refractivity contribution in [1.82, 2.24) is 24.9 Å². The Balaban J connectivity index is 1.42. The first-order valence-electron chi connectivity index (χ1n) is 8.15. The van der Waals surface area contributed by atoms with Crippen LogP contribution >= 0.6 is 0 Å². The Bertz CT molecular complexity index is 743. The summed E-state index contributed by atoms with van der Waals surface area (Å²) in [6.45, 7) is 4.47. The summed E-state index contributed by atoms with van der Waals surface area (Å²) in [5, 5.41) is 12.2. The molecule has 2 aromatic rings. The first-order valence-corrected chi connectivity index (χ1v) is 8.15. The van der Waals surface area contributed by atoms with Crippen LogP contribution < -0.4 is 9.47 Å². The molecular weight excluding hydrogens is 310 g/mol. The van der Waals surface area contributed by atoms with E-state index in [1.54, 1.807) is 21.8 Å². The highest BCUT2D eigenvalue weighted by Crippen LogP contribution is 2.26. The summed E-state index contributed by atoms with van der Waals surface area (Å²) in [4.78, 5) is 14.5. The lowest BCUT2D eigenvalue weighted by Gasteiger charge is -2.19. The summed E-state index contributed by atoms with van der Waals surface area (Å²) < 4.78 is 13.2. The van der Waals surface area contributed by atoms with Crippen molar-refractivity contribution in [1.29, 1.82) is 0 Å². The molecular formula is C16H19N5O3. The molecule has 0 radical (unpaired) electrons. The number of hydrogen-bond acceptors (Lipinski definition) is 6. The Morgan fingerprint density at radius 3 is 3.08 bits per heavy atom. The molecule has 2 aliphatic rings. The number of carbonyl (C=O) groups is 1. The molecule has 126 valence electrons. The average molecular weight is 329 g/mol. The van der Waals surface area contributed by atoms with Gasteiger partial charge in [-0.25, -0.2) is 4.68 Å². The molecule has 2 aromatic heterocycles. The zero-order valence-corrected chi connectivity index (χ0v) is 13.5. The van der Waals surface area contributed by atoms with Crippen molar-refractivity contribution in [3.63, 3.8) is 0 Å². The lowest BCUT2D eigenvalue weighted by molar-refractivity contribution is 0.0764. The summed E-state index contributed by atoms with van der Waals surface area (Å²) >= 11 is 0. The molecule has 1 fully saturated rings. The minimum atomic E-state index is -0.0710. The van der Waals surface area contributed by atoms with Crippen molar-refractivity contribution >= 4 is 5.91 Å². The Hall–Kier alpha value is -2.64. The second-order valence-electron chi connectivity index (χ2n) is 6.08. The van der Waals surface area contributed by atoms with Crippen molar-refractivity contribution < 1.29 is 14.3 Å². The molecule has 2 aliphatic heterocycles. The summed E-state index contributed by atoms with van der Waals surface area (Å²) in [6, 6.07) is 3.66. The van der Waals surface area contributed by atoms with Crippen LogP contribution in [0.1, 0.15) is 28.9 Å². The normalized spacial score (nSPS) is 19.7. The number of hydrogen-bond donors (Lipinski definition) is 0. The predicted octanol–water partition coefficient (Wildman–Crippen LogP) is 1.06. The van der Waals surface area contributed by atoms with Gasteiger partial charge in [0.15, 0.2) is 0 Å². The molecule has 24 heavy (non-hydrogen) atoms. The number of ether oxygens (including phenoxy) is 2. The minimum Gasteiger partial charge on any atom is -0.477 e. The Kier molecular flexibility index (Phi) is 3.79. The molecule has 1 amide bonds. The van der Waals surface area contributed by atoms with Gasteiger partial charge in [-0.2, -0.15) is 10.2 Å². The van der Waals surface area contributed by atoms with E-state index in [1.807, 2.05) is 13.0 Å². The van der Waals surface area contributed by atoms with E-state index < -0.39 is 0 Å². The molecule has 0 saturated carbocycles. The number of likely N-dealkylation sites (tertiary alicyclic amines) is 1. The summed E-state index contributed by atoms with van der Waals surface area (Å²) in [7, 11) is 0. The van der Waals surface area contributed by atoms with Crippen LogP contribution in [0.3, 0.4) is 0 Å². The van der Waals surface area contributed by atoms with Crippen LogP contribution in [0.15, 0.2) is 18.3 Å². The zero-order chi connectivity index (χ0) is 16.5. The van der Waals surface area contributed by atoms with Crippen LogP contribution in [-0.2, 0) is 6.54 Å². The zero-order valence-electron chi connectivity index (χ0n) is 13.5. The lowest BCUT2D eigenvalue weighted by atomic mass is 10.3. The van der Waals surface area contributed by atoms with Gasteiger partial charge in [-0.05, 0) is 13.0 Å². The highest BCUT2D eigenvalue weighted by Gasteiger charge is 2.32. The molecule has 8 nitrogen and oxygen atoms in total. The fourth-order valence-electron chi connectivity index (χ4n) is 3.02. The van der Waals surface area contributed by atoms with E-state index in [2.05, 4.69) is 15.3 Å². The van der Waals surface area contributed by atoms with Gasteiger partial charge in [0.25, 0.3) is 5.91 Å². The van der Waals surface area contributed by atoms with Gasteiger partial charge in [0.05, 0.1) is 25.0 Å². The third kappa shape index (κ3) is 2.79. The average Bonchev–Trinajstić information content (AvgIpc) is 3.23. The summed E-state index contributed by atoms with van der Waals surface area (Å²) in [5.41, 5.74) is 1.38. The lowest BCUT2D eigenvalue weighted by Crippen LogP contribution is -2.31. The van der Waals surface area contributed by atoms with Gasteiger partial charge in [0.2, 0.25) is 11.8 Å². The van der Waals surface area contributed by atoms with E-state index in [0.717, 1.165) is 25.1 Å². The van der Waals surface area contributed by atoms with Crippen molar-refractivity contribution in [2.24, 2.45) is 0 Å². The van der Waals surface area contributed by atoms with Crippen LogP contribution in [0.25, 0.3) is 0 Å². The monoisotopic (exact) mass is 329 g/mol. The van der Waals surface area contributed by atoms with Crippen molar-refractivity contribution in [3.8, 4) is 11.8 Å². The number of carbonyl (C=O) groups excluding carboxylic acids is 1. The molecule has 0 aliphatic carbocycles. The standard InChI is InChI=1S/C16H19N5O3/c1-11-3-4-14(19-18-11)24-12-5-7-20(10-12)15(22)13-9-17-21-6-2-8-23-16(13)21/h3-4,9,12H,2,5-8,10H2,1H3/t12-/m1/s1. The highest BCUT2D eigenvalue weighted by molar-refractivity contribution is 5.96. The number of nitrogens with zero attached hydrogens (tertiary/aromatic N) is 5. The van der Waals surface area contributed by atoms with Crippen LogP contribution in [-0.4, -0.2) is 56.6 Å². The van der Waals surface area contributed by atoms with Crippen LogP contribution in [0.5, 0.6) is 11.8 Å². The van der Waals surface area contributed by atoms with Crippen molar-refractivity contribution in [2.45, 2.75) is 32.4 Å². The molecule has 0 spiro atoms. The van der Waals surface area contributed by atoms with E-state index >= 15 is 0 Å². The third-order valence-corrected chi connectivity index (χ3v) is 4.27. The second-order valence-corrected chi connectivity index (χ2v) is 6.08. The van der Waals surface area contributed by atoms with Gasteiger partial charge in [-0.3, -0.25) is 4.79 Å². The Morgan fingerprint density at radius 2 is 2.25 bits per heavy atom. The number of rotatable bonds is 3. The molecule has 0 unspecified atom stereocenters. The molecule has 8 heteroatoms. The fraction of sp³-hybridized carbons (Fsp3) is 0.500. The second kappa shape index (κ2) is 6.10. The van der Waals surface area contributed by atoms with E-state index in [1.165, 1.54) is 0 Å². The topological polar surface area (TPSA) is 82.4 Å². The smallest absolute Gasteiger partial charge is 0.261 e. The van der Waals surface area contributed by atoms with Gasteiger partial charge in [-0.15, -0.1) is 5.10 Å². The molecule has 1 saturated heterocycles. The predicted molar refractivity (Wildman–Crippen MR) is 84.0 cm³/mol. The molecule has 1 atom stereocenters. The van der Waals surface area contributed by atoms with Gasteiger partial charge in [0, 0.05) is 32.0 Å². The number of aryl methyl sites for hydroxylation is 2. The summed E-state index contributed by atoms with van der Waals surface area (Å²) in [5.74, 6) is 1.02. The van der Waals surface area contributed by atoms with Crippen LogP contribution in [0, 0.1) is 6.92 Å². The van der Waals surface area contributed by atoms with Crippen LogP contribution in [0.4, 0.5) is 0 Å². The first kappa shape index (κ1) is 14.9. The van der Waals surface area contributed by atoms with Gasteiger partial charge < -0.3 is 14.4 Å². The Labute approximate surface area is 139 Å². The molecule has 0 N–H and O–H groups in total. The van der Waals surface area contributed by atoms with E-state index in [-0.39, 0.29) is 12.0 Å². The molecule has 0 aromatic carbocycles. The maximum Gasteiger partial charge on any atom is 0.261 e. The van der Waals surface area contributed by atoms with E-state index in [9.17, 15) is 4.79 Å². The Morgan fingerprint density at radius 1 is 1.33 bits per heavy atom. The third-order valence-electron chi connectivity index (χ3n) is 4.27. The van der Waals surface area contributed by atoms with E-state index in [0.29, 0.717) is 37.0 Å². The van der Waals surface area contributed by atoms with Gasteiger partial charge >= 0.3 is 0 Å². The number of fused-ring (bicyclic) bond motifs is 1. The molecule has 4 heterocycles. The van der Waals surface area contributed by atoms with Gasteiger partial charge in [-0.1, -0.05) is 0 Å². The van der Waals surface area contributed by atoms with E-state index in [4.69, 9.17) is 9.47 Å². The van der Waals surface area contributed by atoms with Crippen molar-refractivity contribution in [3.05, 3.63) is 29.6 Å². The molecule has 0 bridgehead atoms. The maximum absolute atomic E-state index is 12.7. The fourth-order valence-corrected chi connectivity index (χ4v) is 3.02. The number of aromatic nitrogens is 4. The maximum atomic E-state index is 12.7. The molecule has 4 rings (SSSR count). The summed E-state index contributed by atoms with van der Waals surface area (Å²) in [6.07, 6.45) is 3.21. The van der Waals surface area contributed by atoms with Crippen LogP contribution in [0.2, 0.25) is 0 Å². The minimum absolute atomic E-state index is 0.0563.